The van der Waals surface area contributed by atoms with E-state index in [2.05, 4.69) is 28.1 Å². The van der Waals surface area contributed by atoms with Crippen LogP contribution in [0.15, 0.2) is 35.0 Å². The molecule has 0 radical (unpaired) electrons. The monoisotopic (exact) mass is 392 g/mol. The molecule has 1 aliphatic rings. The summed E-state index contributed by atoms with van der Waals surface area (Å²) < 4.78 is 19.0. The average Bonchev–Trinajstić information content (AvgIpc) is 3.31. The van der Waals surface area contributed by atoms with Crippen LogP contribution in [0.4, 0.5) is 10.2 Å². The number of anilines is 1. The van der Waals surface area contributed by atoms with Gasteiger partial charge in [-0.05, 0) is 44.4 Å². The van der Waals surface area contributed by atoms with Gasteiger partial charge in [-0.25, -0.2) is 14.4 Å². The predicted molar refractivity (Wildman–Crippen MR) is 108 cm³/mol. The molecule has 1 fully saturated rings. The molecule has 7 heteroatoms. The molecule has 6 nitrogen and oxygen atoms in total. The van der Waals surface area contributed by atoms with Gasteiger partial charge in [-0.3, -0.25) is 4.79 Å². The maximum absolute atomic E-state index is 13.4. The number of carbonyl (C=O) groups excluding carboxylic acids is 1. The van der Waals surface area contributed by atoms with E-state index in [1.807, 2.05) is 0 Å². The molecule has 29 heavy (non-hydrogen) atoms. The maximum atomic E-state index is 13.4. The van der Waals surface area contributed by atoms with Crippen molar-refractivity contribution in [2.24, 2.45) is 0 Å². The summed E-state index contributed by atoms with van der Waals surface area (Å²) in [6, 6.07) is 5.99. The summed E-state index contributed by atoms with van der Waals surface area (Å²) in [6.07, 6.45) is 9.00. The standard InChI is InChI=1S/C22H21FN4O2/c1-4-11-27(12-15-5-7-16(23)8-6-15)21(28)17-14(2)29-20-18(17)19(24-13-25-20)26-22(3)9-10-22/h1,5-8,13H,9-12H2,2-3H3,(H,24,25,26). The van der Waals surface area contributed by atoms with Gasteiger partial charge < -0.3 is 14.6 Å². The van der Waals surface area contributed by atoms with Crippen LogP contribution >= 0.6 is 0 Å². The minimum absolute atomic E-state index is 0.0284. The fourth-order valence-electron chi connectivity index (χ4n) is 3.27. The van der Waals surface area contributed by atoms with Crippen molar-refractivity contribution in [2.45, 2.75) is 38.8 Å². The van der Waals surface area contributed by atoms with Gasteiger partial charge in [-0.1, -0.05) is 18.1 Å². The quantitative estimate of drug-likeness (QED) is 0.644. The van der Waals surface area contributed by atoms with Crippen molar-refractivity contribution in [1.29, 1.82) is 0 Å². The molecular formula is C22H21FN4O2. The molecule has 0 aliphatic heterocycles. The van der Waals surface area contributed by atoms with Crippen LogP contribution < -0.4 is 5.32 Å². The molecule has 2 heterocycles. The van der Waals surface area contributed by atoms with Gasteiger partial charge in [0.15, 0.2) is 0 Å². The van der Waals surface area contributed by atoms with E-state index in [0.717, 1.165) is 18.4 Å². The fraction of sp³-hybridized carbons (Fsp3) is 0.318. The van der Waals surface area contributed by atoms with E-state index in [-0.39, 0.29) is 30.4 Å². The molecule has 1 amide bonds. The van der Waals surface area contributed by atoms with E-state index in [1.54, 1.807) is 19.1 Å². The van der Waals surface area contributed by atoms with Crippen LogP contribution in [0.1, 0.15) is 41.4 Å². The normalized spacial score (nSPS) is 14.4. The molecule has 0 bridgehead atoms. The number of terminal acetylenes is 1. The lowest BCUT2D eigenvalue weighted by atomic mass is 10.1. The zero-order chi connectivity index (χ0) is 20.6. The number of hydrogen-bond acceptors (Lipinski definition) is 5. The first-order valence-corrected chi connectivity index (χ1v) is 9.40. The second kappa shape index (κ2) is 7.21. The van der Waals surface area contributed by atoms with Crippen LogP contribution in [0, 0.1) is 25.1 Å². The molecule has 4 rings (SSSR count). The van der Waals surface area contributed by atoms with Gasteiger partial charge in [0.25, 0.3) is 5.91 Å². The van der Waals surface area contributed by atoms with Gasteiger partial charge in [-0.15, -0.1) is 6.42 Å². The fourth-order valence-corrected chi connectivity index (χ4v) is 3.27. The molecular weight excluding hydrogens is 371 g/mol. The highest BCUT2D eigenvalue weighted by molar-refractivity contribution is 6.10. The molecule has 0 saturated heterocycles. The topological polar surface area (TPSA) is 71.3 Å². The molecule has 2 aromatic heterocycles. The van der Waals surface area contributed by atoms with Gasteiger partial charge in [0.2, 0.25) is 5.71 Å². The molecule has 0 atom stereocenters. The number of nitrogens with one attached hydrogen (secondary N) is 1. The smallest absolute Gasteiger partial charge is 0.259 e. The van der Waals surface area contributed by atoms with Crippen molar-refractivity contribution in [3.63, 3.8) is 0 Å². The first-order chi connectivity index (χ1) is 13.9. The first kappa shape index (κ1) is 18.9. The third-order valence-corrected chi connectivity index (χ3v) is 5.15. The Morgan fingerprint density at radius 2 is 2.07 bits per heavy atom. The number of amides is 1. The van der Waals surface area contributed by atoms with Crippen molar-refractivity contribution in [2.75, 3.05) is 11.9 Å². The number of fused-ring (bicyclic) bond motifs is 1. The van der Waals surface area contributed by atoms with E-state index in [1.165, 1.54) is 23.4 Å². The lowest BCUT2D eigenvalue weighted by molar-refractivity contribution is 0.0765. The molecule has 1 aliphatic carbocycles. The van der Waals surface area contributed by atoms with Gasteiger partial charge in [0.05, 0.1) is 17.5 Å². The SMILES string of the molecule is C#CCN(Cc1ccc(F)cc1)C(=O)c1c(C)oc2ncnc(NC3(C)CC3)c12. The zero-order valence-electron chi connectivity index (χ0n) is 16.3. The number of carbonyl (C=O) groups is 1. The Morgan fingerprint density at radius 3 is 2.72 bits per heavy atom. The molecule has 0 spiro atoms. The van der Waals surface area contributed by atoms with Crippen LogP contribution in [0.5, 0.6) is 0 Å². The lowest BCUT2D eigenvalue weighted by Crippen LogP contribution is -2.31. The summed E-state index contributed by atoms with van der Waals surface area (Å²) in [7, 11) is 0. The van der Waals surface area contributed by atoms with Crippen molar-refractivity contribution in [1.82, 2.24) is 14.9 Å². The molecule has 1 N–H and O–H groups in total. The maximum Gasteiger partial charge on any atom is 0.259 e. The summed E-state index contributed by atoms with van der Waals surface area (Å²) in [5, 5.41) is 3.97. The Labute approximate surface area is 168 Å². The van der Waals surface area contributed by atoms with Crippen molar-refractivity contribution < 1.29 is 13.6 Å². The number of nitrogens with zero attached hydrogens (tertiary/aromatic N) is 3. The van der Waals surface area contributed by atoms with Crippen LogP contribution in [-0.2, 0) is 6.54 Å². The Hall–Kier alpha value is -3.40. The summed E-state index contributed by atoms with van der Waals surface area (Å²) in [4.78, 5) is 23.5. The highest BCUT2D eigenvalue weighted by Gasteiger charge is 2.38. The van der Waals surface area contributed by atoms with E-state index in [4.69, 9.17) is 10.8 Å². The summed E-state index contributed by atoms with van der Waals surface area (Å²) >= 11 is 0. The minimum atomic E-state index is -0.332. The number of rotatable bonds is 6. The van der Waals surface area contributed by atoms with E-state index >= 15 is 0 Å². The van der Waals surface area contributed by atoms with Gasteiger partial charge in [0.1, 0.15) is 23.7 Å². The zero-order valence-corrected chi connectivity index (χ0v) is 16.3. The number of benzene rings is 1. The first-order valence-electron chi connectivity index (χ1n) is 9.40. The molecule has 3 aromatic rings. The third-order valence-electron chi connectivity index (χ3n) is 5.15. The highest BCUT2D eigenvalue weighted by atomic mass is 19.1. The Morgan fingerprint density at radius 1 is 1.34 bits per heavy atom. The molecule has 1 aromatic carbocycles. The molecule has 148 valence electrons. The largest absolute Gasteiger partial charge is 0.442 e. The highest BCUT2D eigenvalue weighted by Crippen LogP contribution is 2.40. The van der Waals surface area contributed by atoms with Gasteiger partial charge in [0, 0.05) is 12.1 Å². The van der Waals surface area contributed by atoms with E-state index in [0.29, 0.717) is 28.2 Å². The summed E-state index contributed by atoms with van der Waals surface area (Å²) in [6.45, 7) is 4.19. The lowest BCUT2D eigenvalue weighted by Gasteiger charge is -2.21. The third kappa shape index (κ3) is 3.79. The second-order valence-corrected chi connectivity index (χ2v) is 7.61. The van der Waals surface area contributed by atoms with Gasteiger partial charge in [-0.2, -0.15) is 0 Å². The minimum Gasteiger partial charge on any atom is -0.442 e. The Kier molecular flexibility index (Phi) is 4.71. The molecule has 1 saturated carbocycles. The number of furan rings is 1. The summed E-state index contributed by atoms with van der Waals surface area (Å²) in [5.41, 5.74) is 1.50. The van der Waals surface area contributed by atoms with Gasteiger partial charge >= 0.3 is 0 Å². The molecule has 0 unspecified atom stereocenters. The summed E-state index contributed by atoms with van der Waals surface area (Å²) in [5.74, 6) is 2.95. The van der Waals surface area contributed by atoms with Crippen molar-refractivity contribution in [3.8, 4) is 12.3 Å². The van der Waals surface area contributed by atoms with Crippen LogP contribution in [0.3, 0.4) is 0 Å². The Bertz CT molecular complexity index is 1110. The number of halogens is 1. The van der Waals surface area contributed by atoms with E-state index in [9.17, 15) is 9.18 Å². The van der Waals surface area contributed by atoms with Crippen molar-refractivity contribution >= 4 is 22.8 Å². The number of hydrogen-bond donors (Lipinski definition) is 1. The van der Waals surface area contributed by atoms with Crippen molar-refractivity contribution in [3.05, 3.63) is 53.3 Å². The second-order valence-electron chi connectivity index (χ2n) is 7.61. The predicted octanol–water partition coefficient (Wildman–Crippen LogP) is 3.91. The van der Waals surface area contributed by atoms with Crippen LogP contribution in [0.2, 0.25) is 0 Å². The number of aryl methyl sites for hydroxylation is 1. The average molecular weight is 392 g/mol. The number of aromatic nitrogens is 2. The Balaban J connectivity index is 1.73. The van der Waals surface area contributed by atoms with Crippen LogP contribution in [-0.4, -0.2) is 32.9 Å². The van der Waals surface area contributed by atoms with Crippen LogP contribution in [0.25, 0.3) is 11.1 Å². The van der Waals surface area contributed by atoms with E-state index < -0.39 is 0 Å².